The van der Waals surface area contributed by atoms with Crippen LogP contribution in [0.4, 0.5) is 22.7 Å². The summed E-state index contributed by atoms with van der Waals surface area (Å²) in [5.74, 6) is 0.845. The zero-order valence-electron chi connectivity index (χ0n) is 57.2. The van der Waals surface area contributed by atoms with E-state index < -0.39 is 65.6 Å². The number of anilines is 4. The Morgan fingerprint density at radius 2 is 0.657 bits per heavy atom. The first-order chi connectivity index (χ1) is 46.9. The molecule has 8 heterocycles. The molecule has 528 valence electrons. The molecule has 4 saturated heterocycles. The molecule has 4 N–H and O–H groups in total. The van der Waals surface area contributed by atoms with Crippen molar-refractivity contribution in [1.29, 1.82) is 0 Å². The second kappa shape index (κ2) is 36.5. The van der Waals surface area contributed by atoms with Crippen LogP contribution >= 0.6 is 24.1 Å². The molecular weight excluding hydrogens is 1460 g/mol. The summed E-state index contributed by atoms with van der Waals surface area (Å²) in [6.07, 6.45) is 2.11. The van der Waals surface area contributed by atoms with E-state index in [1.807, 2.05) is 0 Å². The number of methoxy groups -OCH3 is 4. The number of nitrogens with one attached hydrogen (secondary N) is 4. The fraction of sp³-hybridized carbons (Fsp3) is 0.419. The molecule has 8 aliphatic rings. The molecule has 0 aliphatic carbocycles. The molecule has 8 aliphatic heterocycles. The van der Waals surface area contributed by atoms with E-state index in [0.717, 1.165) is 35.2 Å². The average molecular weight is 1530 g/mol. The topological polar surface area (TPSA) is 401 Å². The van der Waals surface area contributed by atoms with Crippen molar-refractivity contribution in [2.45, 2.75) is 84.2 Å². The van der Waals surface area contributed by atoms with Crippen LogP contribution in [0.5, 0.6) is 46.0 Å². The Hall–Kier alpha value is -4.40. The minimum atomic E-state index is -4.85. The van der Waals surface area contributed by atoms with Gasteiger partial charge in [0.15, 0.2) is 46.0 Å². The van der Waals surface area contributed by atoms with Crippen LogP contribution in [-0.4, -0.2) is 196 Å². The largest absolute Gasteiger partial charge is 1.00 e. The minimum Gasteiger partial charge on any atom is -0.746 e. The maximum atomic E-state index is 13.5. The molecule has 40 heteroatoms. The summed E-state index contributed by atoms with van der Waals surface area (Å²) in [4.78, 5) is 59.9. The summed E-state index contributed by atoms with van der Waals surface area (Å²) >= 11 is 1.51. The van der Waals surface area contributed by atoms with Crippen LogP contribution in [0.3, 0.4) is 0 Å². The molecule has 0 aromatic heterocycles. The Kier molecular flexibility index (Phi) is 30.3. The molecule has 4 aromatic rings. The maximum absolute atomic E-state index is 13.5. The van der Waals surface area contributed by atoms with E-state index in [1.54, 1.807) is 34.1 Å². The monoisotopic (exact) mass is 1530 g/mol. The number of benzene rings is 4. The summed E-state index contributed by atoms with van der Waals surface area (Å²) in [5.41, 5.74) is 5.16. The second-order valence-corrected chi connectivity index (χ2v) is 28.5. The quantitative estimate of drug-likeness (QED) is 0.00963. The number of hydrogen-bond donors (Lipinski definition) is 4. The Bertz CT molecular complexity index is 3860. The zero-order chi connectivity index (χ0) is 70.1. The third kappa shape index (κ3) is 18.4. The molecule has 4 aromatic carbocycles. The molecule has 3 unspecified atom stereocenters. The molecule has 4 amide bonds. The van der Waals surface area contributed by atoms with Crippen molar-refractivity contribution >= 4 is 90.7 Å². The fourth-order valence-electron chi connectivity index (χ4n) is 13.1. The number of nitrogens with zero attached hydrogens (tertiary/aromatic N) is 4. The van der Waals surface area contributed by atoms with Crippen LogP contribution in [0, 0.1) is 0 Å². The average Bonchev–Trinajstić information content (AvgIpc) is 1.63. The summed E-state index contributed by atoms with van der Waals surface area (Å²) in [6, 6.07) is 9.72. The van der Waals surface area contributed by atoms with Crippen molar-refractivity contribution in [2.24, 2.45) is 0 Å². The number of carbonyl (C=O) groups excluding carboxylic acids is 4. The van der Waals surface area contributed by atoms with Crippen LogP contribution in [0.1, 0.15) is 80.0 Å². The Morgan fingerprint density at radius 3 is 0.902 bits per heavy atom. The molecular formula is C62H68N8Na4O24S4. The van der Waals surface area contributed by atoms with E-state index in [0.29, 0.717) is 95.4 Å². The Labute approximate surface area is 685 Å². The van der Waals surface area contributed by atoms with Gasteiger partial charge in [0, 0.05) is 63.3 Å². The summed E-state index contributed by atoms with van der Waals surface area (Å²) in [7, 11) is -3.98. The van der Waals surface area contributed by atoms with Gasteiger partial charge in [0.1, 0.15) is 41.7 Å². The maximum Gasteiger partial charge on any atom is 1.00 e. The van der Waals surface area contributed by atoms with Gasteiger partial charge < -0.3 is 98.4 Å². The van der Waals surface area contributed by atoms with Crippen LogP contribution in [0.25, 0.3) is 0 Å². The summed E-state index contributed by atoms with van der Waals surface area (Å²) < 4.78 is 129. The molecule has 32 nitrogen and oxygen atoms in total. The van der Waals surface area contributed by atoms with Crippen LogP contribution in [-0.2, 0) is 39.0 Å². The first-order valence-electron chi connectivity index (χ1n) is 30.4. The molecule has 8 atom stereocenters. The van der Waals surface area contributed by atoms with Gasteiger partial charge in [-0.15, -0.1) is 0 Å². The van der Waals surface area contributed by atoms with Gasteiger partial charge in [-0.1, -0.05) is 48.6 Å². The standard InChI is InChI=1S/2C31H36N4O12S2.4Na/c2*1-16-8-22-28(48-47-46-38)32-20-12-26(24(42-3)10-18(20)30(36)34(22)14-16)44-6-5-7-45-27-13-21-19(11-25(27)43-4)31(37)35-15-17(2)9-23(35)29(33-21)49(39,40)41;;;;/h2*10-13,22-23,28-29,32-33,38H,1-2,5-9,14-15H2,3-4H3,(H,39,40,41);;;;/q;;4*+1/p-4/t22-,23-,28?,29?;22-,23-,28-,29?;;;;/m00..../s1. The van der Waals surface area contributed by atoms with Gasteiger partial charge >= 0.3 is 118 Å². The van der Waals surface area contributed by atoms with Gasteiger partial charge in [0.05, 0.1) is 148 Å². The van der Waals surface area contributed by atoms with Gasteiger partial charge in [-0.25, -0.2) is 16.8 Å². The van der Waals surface area contributed by atoms with Crippen molar-refractivity contribution in [3.63, 3.8) is 0 Å². The van der Waals surface area contributed by atoms with Gasteiger partial charge in [-0.3, -0.25) is 29.3 Å². The third-order valence-electron chi connectivity index (χ3n) is 17.5. The SMILES string of the molecule is C=C1C[C@H]2C(S(=O)(=O)[O-])Nc3cc(OCCCOc4cc5c(cc4OC)C(=O)N4CC(=C)C[C@H]4[C@H](SOO[O-])N5)c(OC)cc3C(=O)N2C1.C=C1C[C@H]2C(SOO[O-])Nc3cc(OCCCOc4cc5c(cc4OC)C(=O)N4CC(=C)C[C@H]4C(S(=O)(=O)[O-])N5)c(OC)cc3C(=O)N2C1.[Na+].[Na+].[Na+].[Na+]. The van der Waals surface area contributed by atoms with Crippen molar-refractivity contribution in [3.05, 3.63) is 119 Å². The van der Waals surface area contributed by atoms with E-state index in [4.69, 9.17) is 37.9 Å². The van der Waals surface area contributed by atoms with Crippen molar-refractivity contribution in [2.75, 3.05) is 102 Å². The van der Waals surface area contributed by atoms with E-state index >= 15 is 0 Å². The van der Waals surface area contributed by atoms with Crippen molar-refractivity contribution < 1.29 is 231 Å². The van der Waals surface area contributed by atoms with Crippen LogP contribution in [0.2, 0.25) is 0 Å². The van der Waals surface area contributed by atoms with Crippen molar-refractivity contribution in [3.8, 4) is 46.0 Å². The number of hydrogen-bond acceptors (Lipinski definition) is 30. The second-order valence-electron chi connectivity index (χ2n) is 23.8. The van der Waals surface area contributed by atoms with Crippen LogP contribution in [0.15, 0.2) is 97.1 Å². The van der Waals surface area contributed by atoms with E-state index in [2.05, 4.69) is 66.3 Å². The van der Waals surface area contributed by atoms with Crippen LogP contribution < -0.4 is 188 Å². The van der Waals surface area contributed by atoms with Gasteiger partial charge in [0.2, 0.25) is 0 Å². The number of fused-ring (bicyclic) bond motifs is 8. The molecule has 12 rings (SSSR count). The van der Waals surface area contributed by atoms with Crippen molar-refractivity contribution in [1.82, 2.24) is 19.6 Å². The normalized spacial score (nSPS) is 22.1. The predicted octanol–water partition coefficient (Wildman–Crippen LogP) is -7.96. The smallest absolute Gasteiger partial charge is 0.746 e. The van der Waals surface area contributed by atoms with Gasteiger partial charge in [-0.2, -0.15) is 8.67 Å². The number of carbonyl (C=O) groups is 4. The number of amides is 4. The van der Waals surface area contributed by atoms with E-state index in [1.165, 1.54) is 62.5 Å². The molecule has 102 heavy (non-hydrogen) atoms. The molecule has 4 fully saturated rings. The molecule has 0 saturated carbocycles. The minimum absolute atomic E-state index is 0. The molecule has 0 spiro atoms. The van der Waals surface area contributed by atoms with E-state index in [9.17, 15) is 55.6 Å². The third-order valence-corrected chi connectivity index (χ3v) is 21.2. The first kappa shape index (κ1) is 84.9. The predicted molar refractivity (Wildman–Crippen MR) is 346 cm³/mol. The molecule has 0 radical (unpaired) electrons. The van der Waals surface area contributed by atoms with Gasteiger partial charge in [-0.05, 0) is 49.9 Å². The molecule has 0 bridgehead atoms. The number of ether oxygens (including phenoxy) is 8. The van der Waals surface area contributed by atoms with E-state index in [-0.39, 0.29) is 240 Å². The Balaban J connectivity index is 0.000000275. The summed E-state index contributed by atoms with van der Waals surface area (Å²) in [5, 5.41) is 36.0. The Morgan fingerprint density at radius 1 is 0.412 bits per heavy atom. The first-order valence-corrected chi connectivity index (χ1v) is 34.9. The fourth-order valence-corrected chi connectivity index (χ4v) is 16.2. The number of rotatable bonds is 24. The van der Waals surface area contributed by atoms with Gasteiger partial charge in [0.25, 0.3) is 23.6 Å². The zero-order valence-corrected chi connectivity index (χ0v) is 68.5. The summed E-state index contributed by atoms with van der Waals surface area (Å²) in [6.45, 7) is 17.3.